The van der Waals surface area contributed by atoms with Gasteiger partial charge in [-0.1, -0.05) is 27.4 Å². The summed E-state index contributed by atoms with van der Waals surface area (Å²) in [5.74, 6) is 0.0299. The van der Waals surface area contributed by atoms with Crippen LogP contribution in [0.3, 0.4) is 0 Å². The van der Waals surface area contributed by atoms with Crippen LogP contribution >= 0.6 is 0 Å². The van der Waals surface area contributed by atoms with Crippen LogP contribution in [0, 0.1) is 5.92 Å². The highest BCUT2D eigenvalue weighted by atomic mass is 16.6. The van der Waals surface area contributed by atoms with Gasteiger partial charge in [-0.3, -0.25) is 0 Å². The summed E-state index contributed by atoms with van der Waals surface area (Å²) < 4.78 is 5.31. The third-order valence-corrected chi connectivity index (χ3v) is 2.46. The van der Waals surface area contributed by atoms with Crippen molar-refractivity contribution < 1.29 is 9.53 Å². The van der Waals surface area contributed by atoms with Crippen LogP contribution in [-0.2, 0) is 9.53 Å². The molecule has 0 aliphatic rings. The average Bonchev–Trinajstić information content (AvgIpc) is 2.01. The molecule has 0 amide bonds. The third kappa shape index (κ3) is 3.62. The van der Waals surface area contributed by atoms with Gasteiger partial charge < -0.3 is 4.74 Å². The lowest BCUT2D eigenvalue weighted by atomic mass is 9.94. The lowest BCUT2D eigenvalue weighted by Gasteiger charge is -2.29. The fraction of sp³-hybridized carbons (Fsp3) is 0.727. The summed E-state index contributed by atoms with van der Waals surface area (Å²) >= 11 is 0. The summed E-state index contributed by atoms with van der Waals surface area (Å²) in [5.41, 5.74) is 0.128. The minimum atomic E-state index is -0.408. The van der Waals surface area contributed by atoms with Crippen LogP contribution in [0.5, 0.6) is 0 Å². The number of carbonyl (C=O) groups is 1. The van der Waals surface area contributed by atoms with E-state index in [1.165, 1.54) is 0 Å². The van der Waals surface area contributed by atoms with Gasteiger partial charge in [-0.2, -0.15) is 0 Å². The van der Waals surface area contributed by atoms with Gasteiger partial charge in [0.1, 0.15) is 5.60 Å². The summed E-state index contributed by atoms with van der Waals surface area (Å²) in [5, 5.41) is 0. The normalized spacial score (nSPS) is 11.5. The Morgan fingerprint density at radius 2 is 1.92 bits per heavy atom. The van der Waals surface area contributed by atoms with Crippen molar-refractivity contribution in [2.45, 2.75) is 46.6 Å². The second kappa shape index (κ2) is 4.45. The van der Waals surface area contributed by atoms with Crippen LogP contribution in [0.25, 0.3) is 0 Å². The van der Waals surface area contributed by atoms with Gasteiger partial charge in [0, 0.05) is 5.57 Å². The van der Waals surface area contributed by atoms with Crippen molar-refractivity contribution in [3.8, 4) is 0 Å². The maximum absolute atomic E-state index is 11.4. The molecule has 0 aromatic carbocycles. The first-order valence-electron chi connectivity index (χ1n) is 4.72. The molecule has 0 aliphatic carbocycles. The van der Waals surface area contributed by atoms with E-state index in [2.05, 4.69) is 6.58 Å². The van der Waals surface area contributed by atoms with Gasteiger partial charge in [0.15, 0.2) is 0 Å². The highest BCUT2D eigenvalue weighted by molar-refractivity contribution is 5.87. The average molecular weight is 184 g/mol. The molecule has 0 radical (unpaired) electrons. The van der Waals surface area contributed by atoms with Crippen LogP contribution in [0.2, 0.25) is 0 Å². The molecule has 0 saturated heterocycles. The topological polar surface area (TPSA) is 26.3 Å². The van der Waals surface area contributed by atoms with Crippen LogP contribution in [0.4, 0.5) is 0 Å². The SMILES string of the molecule is C=C(CC)C(=O)OC(C)(C)C(C)C. The zero-order chi connectivity index (χ0) is 10.6. The molecule has 0 aliphatic heterocycles. The molecule has 0 aromatic rings. The standard InChI is InChI=1S/C11H20O2/c1-7-9(4)10(12)13-11(5,6)8(2)3/h8H,4,7H2,1-3,5-6H3. The van der Waals surface area contributed by atoms with Crippen molar-refractivity contribution in [2.24, 2.45) is 5.92 Å². The predicted molar refractivity (Wildman–Crippen MR) is 54.4 cm³/mol. The number of esters is 1. The molecule has 0 unspecified atom stereocenters. The minimum Gasteiger partial charge on any atom is -0.456 e. The van der Waals surface area contributed by atoms with Crippen molar-refractivity contribution in [3.63, 3.8) is 0 Å². The lowest BCUT2D eigenvalue weighted by Crippen LogP contribution is -2.34. The molecule has 13 heavy (non-hydrogen) atoms. The Kier molecular flexibility index (Phi) is 4.18. The van der Waals surface area contributed by atoms with Crippen molar-refractivity contribution >= 4 is 5.97 Å². The molecule has 0 saturated carbocycles. The number of carbonyl (C=O) groups excluding carboxylic acids is 1. The highest BCUT2D eigenvalue weighted by Crippen LogP contribution is 2.21. The molecule has 2 heteroatoms. The molecular formula is C11H20O2. The van der Waals surface area contributed by atoms with E-state index in [0.717, 1.165) is 0 Å². The Hall–Kier alpha value is -0.790. The molecule has 76 valence electrons. The third-order valence-electron chi connectivity index (χ3n) is 2.46. The van der Waals surface area contributed by atoms with E-state index in [-0.39, 0.29) is 5.97 Å². The van der Waals surface area contributed by atoms with Gasteiger partial charge in [0.05, 0.1) is 0 Å². The summed E-state index contributed by atoms with van der Waals surface area (Å²) in [6, 6.07) is 0. The molecule has 0 fully saturated rings. The van der Waals surface area contributed by atoms with E-state index < -0.39 is 5.60 Å². The van der Waals surface area contributed by atoms with Crippen molar-refractivity contribution in [2.75, 3.05) is 0 Å². The highest BCUT2D eigenvalue weighted by Gasteiger charge is 2.27. The van der Waals surface area contributed by atoms with Gasteiger partial charge in [0.25, 0.3) is 0 Å². The Balaban J connectivity index is 4.28. The largest absolute Gasteiger partial charge is 0.456 e. The summed E-state index contributed by atoms with van der Waals surface area (Å²) in [7, 11) is 0. The fourth-order valence-electron chi connectivity index (χ4n) is 0.573. The first-order valence-corrected chi connectivity index (χ1v) is 4.72. The Bertz CT molecular complexity index is 202. The smallest absolute Gasteiger partial charge is 0.333 e. The summed E-state index contributed by atoms with van der Waals surface area (Å²) in [4.78, 5) is 11.4. The first kappa shape index (κ1) is 12.2. The van der Waals surface area contributed by atoms with Crippen LogP contribution in [-0.4, -0.2) is 11.6 Å². The second-order valence-electron chi connectivity index (χ2n) is 4.10. The molecule has 0 rings (SSSR count). The van der Waals surface area contributed by atoms with E-state index in [1.807, 2.05) is 34.6 Å². The van der Waals surface area contributed by atoms with Gasteiger partial charge in [-0.25, -0.2) is 4.79 Å². The molecule has 0 aromatic heterocycles. The summed E-state index contributed by atoms with van der Waals surface area (Å²) in [6.07, 6.45) is 0.646. The van der Waals surface area contributed by atoms with E-state index in [9.17, 15) is 4.79 Å². The van der Waals surface area contributed by atoms with E-state index in [0.29, 0.717) is 17.9 Å². The second-order valence-corrected chi connectivity index (χ2v) is 4.10. The number of hydrogen-bond acceptors (Lipinski definition) is 2. The van der Waals surface area contributed by atoms with Gasteiger partial charge >= 0.3 is 5.97 Å². The van der Waals surface area contributed by atoms with Gasteiger partial charge in [0.2, 0.25) is 0 Å². The maximum Gasteiger partial charge on any atom is 0.333 e. The Morgan fingerprint density at radius 1 is 1.46 bits per heavy atom. The molecule has 0 atom stereocenters. The van der Waals surface area contributed by atoms with E-state index in [4.69, 9.17) is 4.74 Å². The van der Waals surface area contributed by atoms with Crippen LogP contribution < -0.4 is 0 Å². The van der Waals surface area contributed by atoms with E-state index in [1.54, 1.807) is 0 Å². The van der Waals surface area contributed by atoms with Crippen molar-refractivity contribution in [1.82, 2.24) is 0 Å². The first-order chi connectivity index (χ1) is 5.81. The zero-order valence-electron chi connectivity index (χ0n) is 9.31. The Labute approximate surface area is 81.0 Å². The van der Waals surface area contributed by atoms with Crippen molar-refractivity contribution in [1.29, 1.82) is 0 Å². The number of ether oxygens (including phenoxy) is 1. The fourth-order valence-corrected chi connectivity index (χ4v) is 0.573. The zero-order valence-corrected chi connectivity index (χ0v) is 9.31. The minimum absolute atomic E-state index is 0.277. The molecule has 0 spiro atoms. The van der Waals surface area contributed by atoms with Gasteiger partial charge in [-0.05, 0) is 26.2 Å². The molecule has 0 heterocycles. The lowest BCUT2D eigenvalue weighted by molar-refractivity contribution is -0.155. The molecular weight excluding hydrogens is 164 g/mol. The molecule has 0 bridgehead atoms. The Morgan fingerprint density at radius 3 is 2.23 bits per heavy atom. The molecule has 0 N–H and O–H groups in total. The number of rotatable bonds is 4. The summed E-state index contributed by atoms with van der Waals surface area (Å²) in [6.45, 7) is 13.4. The monoisotopic (exact) mass is 184 g/mol. The predicted octanol–water partition coefficient (Wildman–Crippen LogP) is 2.93. The van der Waals surface area contributed by atoms with E-state index >= 15 is 0 Å². The van der Waals surface area contributed by atoms with Crippen molar-refractivity contribution in [3.05, 3.63) is 12.2 Å². The number of hydrogen-bond donors (Lipinski definition) is 0. The van der Waals surface area contributed by atoms with Crippen LogP contribution in [0.1, 0.15) is 41.0 Å². The molecule has 2 nitrogen and oxygen atoms in total. The van der Waals surface area contributed by atoms with Crippen LogP contribution in [0.15, 0.2) is 12.2 Å². The van der Waals surface area contributed by atoms with Gasteiger partial charge in [-0.15, -0.1) is 0 Å². The maximum atomic E-state index is 11.4. The quantitative estimate of drug-likeness (QED) is 0.496.